The number of amides is 1. The van der Waals surface area contributed by atoms with Gasteiger partial charge in [-0.1, -0.05) is 6.92 Å². The van der Waals surface area contributed by atoms with Crippen LogP contribution in [0.2, 0.25) is 0 Å². The molecule has 0 rings (SSSR count). The van der Waals surface area contributed by atoms with Gasteiger partial charge >= 0.3 is 0 Å². The highest BCUT2D eigenvalue weighted by atomic mass is 32.2. The Labute approximate surface area is 103 Å². The number of hydrogen-bond donors (Lipinski definition) is 0. The van der Waals surface area contributed by atoms with Crippen molar-refractivity contribution in [1.29, 1.82) is 0 Å². The molecule has 0 bridgehead atoms. The average Bonchev–Trinajstić information content (AvgIpc) is 2.30. The van der Waals surface area contributed by atoms with Gasteiger partial charge in [-0.05, 0) is 12.7 Å². The molecule has 0 spiro atoms. The van der Waals surface area contributed by atoms with Crippen LogP contribution in [0.15, 0.2) is 0 Å². The summed E-state index contributed by atoms with van der Waals surface area (Å²) in [5, 5.41) is 0. The van der Waals surface area contributed by atoms with Crippen molar-refractivity contribution in [3.8, 4) is 0 Å². The molecule has 5 heteroatoms. The van der Waals surface area contributed by atoms with E-state index in [1.54, 1.807) is 23.8 Å². The van der Waals surface area contributed by atoms with Crippen LogP contribution in [0, 0.1) is 0 Å². The first-order valence-corrected chi connectivity index (χ1v) is 6.88. The van der Waals surface area contributed by atoms with E-state index in [0.29, 0.717) is 19.3 Å². The third kappa shape index (κ3) is 6.35. The maximum absolute atomic E-state index is 11.7. The molecule has 0 aromatic heterocycles. The number of methoxy groups -OCH3 is 1. The predicted octanol–water partition coefficient (Wildman–Crippen LogP) is 1.25. The molecule has 0 saturated carbocycles. The first-order valence-electron chi connectivity index (χ1n) is 5.48. The minimum atomic E-state index is 0.0389. The van der Waals surface area contributed by atoms with Crippen molar-refractivity contribution in [2.45, 2.75) is 19.4 Å². The number of nitrogens with zero attached hydrogens (tertiary/aromatic N) is 1. The van der Waals surface area contributed by atoms with Gasteiger partial charge in [0.15, 0.2) is 0 Å². The molecule has 1 amide bonds. The van der Waals surface area contributed by atoms with Crippen molar-refractivity contribution in [2.24, 2.45) is 0 Å². The number of rotatable bonds is 9. The largest absolute Gasteiger partial charge is 0.382 e. The molecule has 0 aliphatic heterocycles. The number of likely N-dealkylation sites (N-methyl/N-ethyl adjacent to an activating group) is 1. The summed E-state index contributed by atoms with van der Waals surface area (Å²) in [5.74, 6) is 1.01. The summed E-state index contributed by atoms with van der Waals surface area (Å²) in [6.07, 6.45) is 3.03. The summed E-state index contributed by atoms with van der Waals surface area (Å²) >= 11 is 1.76. The van der Waals surface area contributed by atoms with E-state index in [1.165, 1.54) is 0 Å². The fraction of sp³-hybridized carbons (Fsp3) is 0.909. The lowest BCUT2D eigenvalue weighted by atomic mass is 10.2. The molecule has 1 unspecified atom stereocenters. The van der Waals surface area contributed by atoms with E-state index < -0.39 is 0 Å². The second-order valence-electron chi connectivity index (χ2n) is 3.57. The van der Waals surface area contributed by atoms with Gasteiger partial charge in [-0.25, -0.2) is 0 Å². The van der Waals surface area contributed by atoms with Crippen molar-refractivity contribution < 1.29 is 14.3 Å². The summed E-state index contributed by atoms with van der Waals surface area (Å²) in [6.45, 7) is 3.23. The Bertz CT molecular complexity index is 190. The molecular formula is C11H23NO3S. The lowest BCUT2D eigenvalue weighted by molar-refractivity contribution is -0.137. The standard InChI is InChI=1S/C11H23NO3S/c1-5-10(9-16-4)12(2)11(13)8-15-7-6-14-3/h10H,5-9H2,1-4H3. The molecule has 16 heavy (non-hydrogen) atoms. The molecule has 0 saturated heterocycles. The van der Waals surface area contributed by atoms with Crippen LogP contribution in [0.25, 0.3) is 0 Å². The summed E-state index contributed by atoms with van der Waals surface area (Å²) in [4.78, 5) is 13.5. The number of ether oxygens (including phenoxy) is 2. The summed E-state index contributed by atoms with van der Waals surface area (Å²) in [7, 11) is 3.45. The van der Waals surface area contributed by atoms with Gasteiger partial charge in [-0.2, -0.15) is 11.8 Å². The van der Waals surface area contributed by atoms with Gasteiger partial charge in [0.05, 0.1) is 13.2 Å². The fourth-order valence-electron chi connectivity index (χ4n) is 1.30. The second kappa shape index (κ2) is 9.93. The highest BCUT2D eigenvalue weighted by molar-refractivity contribution is 7.98. The van der Waals surface area contributed by atoms with Gasteiger partial charge in [0, 0.05) is 26.0 Å². The van der Waals surface area contributed by atoms with E-state index >= 15 is 0 Å². The van der Waals surface area contributed by atoms with Crippen LogP contribution in [0.5, 0.6) is 0 Å². The smallest absolute Gasteiger partial charge is 0.248 e. The topological polar surface area (TPSA) is 38.8 Å². The highest BCUT2D eigenvalue weighted by Crippen LogP contribution is 2.08. The molecule has 0 aliphatic rings. The van der Waals surface area contributed by atoms with Gasteiger partial charge < -0.3 is 14.4 Å². The highest BCUT2D eigenvalue weighted by Gasteiger charge is 2.17. The van der Waals surface area contributed by atoms with Crippen LogP contribution < -0.4 is 0 Å². The van der Waals surface area contributed by atoms with Gasteiger partial charge in [-0.3, -0.25) is 4.79 Å². The van der Waals surface area contributed by atoms with E-state index in [9.17, 15) is 4.79 Å². The molecule has 0 aromatic carbocycles. The normalized spacial score (nSPS) is 12.5. The van der Waals surface area contributed by atoms with Gasteiger partial charge in [0.25, 0.3) is 0 Å². The third-order valence-corrected chi connectivity index (χ3v) is 3.15. The average molecular weight is 249 g/mol. The monoisotopic (exact) mass is 249 g/mol. The SMILES string of the molecule is CCC(CSC)N(C)C(=O)COCCOC. The molecule has 0 heterocycles. The molecule has 4 nitrogen and oxygen atoms in total. The van der Waals surface area contributed by atoms with Crippen molar-refractivity contribution >= 4 is 17.7 Å². The Morgan fingerprint density at radius 3 is 2.62 bits per heavy atom. The van der Waals surface area contributed by atoms with Gasteiger partial charge in [-0.15, -0.1) is 0 Å². The van der Waals surface area contributed by atoms with Crippen LogP contribution in [0.3, 0.4) is 0 Å². The third-order valence-electron chi connectivity index (χ3n) is 2.43. The van der Waals surface area contributed by atoms with Crippen LogP contribution in [-0.4, -0.2) is 62.8 Å². The first-order chi connectivity index (χ1) is 7.67. The van der Waals surface area contributed by atoms with Crippen molar-refractivity contribution in [3.63, 3.8) is 0 Å². The Morgan fingerprint density at radius 1 is 1.44 bits per heavy atom. The van der Waals surface area contributed by atoms with Crippen molar-refractivity contribution in [1.82, 2.24) is 4.90 Å². The fourth-order valence-corrected chi connectivity index (χ4v) is 2.15. The maximum Gasteiger partial charge on any atom is 0.248 e. The molecule has 1 atom stereocenters. The van der Waals surface area contributed by atoms with Gasteiger partial charge in [0.1, 0.15) is 6.61 Å². The Balaban J connectivity index is 3.86. The number of thioether (sulfide) groups is 1. The minimum absolute atomic E-state index is 0.0389. The van der Waals surface area contributed by atoms with E-state index in [-0.39, 0.29) is 12.5 Å². The first kappa shape index (κ1) is 15.7. The van der Waals surface area contributed by atoms with E-state index in [2.05, 4.69) is 13.2 Å². The van der Waals surface area contributed by atoms with Gasteiger partial charge in [0.2, 0.25) is 5.91 Å². The van der Waals surface area contributed by atoms with Crippen LogP contribution in [0.4, 0.5) is 0 Å². The number of hydrogen-bond acceptors (Lipinski definition) is 4. The Hall–Kier alpha value is -0.260. The maximum atomic E-state index is 11.7. The van der Waals surface area contributed by atoms with Crippen LogP contribution >= 0.6 is 11.8 Å². The zero-order valence-electron chi connectivity index (χ0n) is 10.7. The van der Waals surface area contributed by atoms with Crippen molar-refractivity contribution in [3.05, 3.63) is 0 Å². The van der Waals surface area contributed by atoms with Crippen molar-refractivity contribution in [2.75, 3.05) is 46.0 Å². The second-order valence-corrected chi connectivity index (χ2v) is 4.48. The van der Waals surface area contributed by atoms with Crippen LogP contribution in [0.1, 0.15) is 13.3 Å². The molecular weight excluding hydrogens is 226 g/mol. The molecule has 0 aliphatic carbocycles. The zero-order valence-corrected chi connectivity index (χ0v) is 11.5. The summed E-state index contributed by atoms with van der Waals surface area (Å²) < 4.78 is 10.0. The number of carbonyl (C=O) groups excluding carboxylic acids is 1. The van der Waals surface area contributed by atoms with Crippen LogP contribution in [-0.2, 0) is 14.3 Å². The molecule has 0 aromatic rings. The Morgan fingerprint density at radius 2 is 2.12 bits per heavy atom. The predicted molar refractivity (Wildman–Crippen MR) is 67.9 cm³/mol. The molecule has 0 radical (unpaired) electrons. The molecule has 0 fully saturated rings. The van der Waals surface area contributed by atoms with E-state index in [0.717, 1.165) is 12.2 Å². The van der Waals surface area contributed by atoms with E-state index in [1.807, 2.05) is 7.05 Å². The lowest BCUT2D eigenvalue weighted by Gasteiger charge is -2.26. The quantitative estimate of drug-likeness (QED) is 0.577. The molecule has 0 N–H and O–H groups in total. The zero-order chi connectivity index (χ0) is 12.4. The Kier molecular flexibility index (Phi) is 9.77. The summed E-state index contributed by atoms with van der Waals surface area (Å²) in [6, 6.07) is 0.300. The number of carbonyl (C=O) groups is 1. The lowest BCUT2D eigenvalue weighted by Crippen LogP contribution is -2.40. The van der Waals surface area contributed by atoms with E-state index in [4.69, 9.17) is 9.47 Å². The molecule has 96 valence electrons. The summed E-state index contributed by atoms with van der Waals surface area (Å²) in [5.41, 5.74) is 0. The minimum Gasteiger partial charge on any atom is -0.382 e.